The summed E-state index contributed by atoms with van der Waals surface area (Å²) in [5, 5.41) is 12.4. The molecule has 0 spiro atoms. The van der Waals surface area contributed by atoms with Crippen molar-refractivity contribution >= 4 is 18.1 Å². The standard InChI is InChI=1S/C29H41N3O2.C2HF3O/c1-28(2)15-16-29(3,4)24-20-21(11-12-23(24)28)25-8-7-9-26(31-25)32-18-13-22(14-19-32)30-17-6-5-10-27(33)34;3-2(4,5)1-6/h7-9,11-12,20,22,30H,5-6,10,13-19H2,1-4H3,(H,33,34);1H. The number of anilines is 1. The fourth-order valence-corrected chi connectivity index (χ4v) is 5.53. The first kappa shape index (κ1) is 31.6. The molecule has 0 bridgehead atoms. The van der Waals surface area contributed by atoms with E-state index < -0.39 is 18.4 Å². The Bertz CT molecular complexity index is 1160. The van der Waals surface area contributed by atoms with Crippen molar-refractivity contribution in [1.82, 2.24) is 10.3 Å². The van der Waals surface area contributed by atoms with Gasteiger partial charge in [0.05, 0.1) is 5.69 Å². The number of carboxylic acids is 1. The first-order valence-corrected chi connectivity index (χ1v) is 14.1. The van der Waals surface area contributed by atoms with Gasteiger partial charge in [-0.2, -0.15) is 13.2 Å². The topological polar surface area (TPSA) is 82.5 Å². The van der Waals surface area contributed by atoms with E-state index in [1.165, 1.54) is 29.5 Å². The van der Waals surface area contributed by atoms with Gasteiger partial charge in [-0.05, 0) is 85.2 Å². The number of nitrogens with one attached hydrogen (secondary N) is 1. The number of fused-ring (bicyclic) bond motifs is 1. The lowest BCUT2D eigenvalue weighted by atomic mass is 9.63. The van der Waals surface area contributed by atoms with Gasteiger partial charge in [0.25, 0.3) is 0 Å². The maximum atomic E-state index is 10.6. The molecule has 1 aromatic heterocycles. The molecule has 6 nitrogen and oxygen atoms in total. The van der Waals surface area contributed by atoms with Crippen LogP contribution in [0.4, 0.5) is 19.0 Å². The van der Waals surface area contributed by atoms with Gasteiger partial charge in [0, 0.05) is 31.1 Å². The third-order valence-corrected chi connectivity index (χ3v) is 8.09. The Labute approximate surface area is 235 Å². The lowest BCUT2D eigenvalue weighted by Crippen LogP contribution is -2.43. The first-order chi connectivity index (χ1) is 18.7. The number of aldehydes is 1. The Kier molecular flexibility index (Phi) is 10.4. The quantitative estimate of drug-likeness (QED) is 0.277. The molecule has 2 N–H and O–H groups in total. The third kappa shape index (κ3) is 8.78. The number of carbonyl (C=O) groups excluding carboxylic acids is 1. The summed E-state index contributed by atoms with van der Waals surface area (Å²) in [5.74, 6) is 0.362. The fourth-order valence-electron chi connectivity index (χ4n) is 5.53. The predicted octanol–water partition coefficient (Wildman–Crippen LogP) is 6.66. The lowest BCUT2D eigenvalue weighted by molar-refractivity contribution is -0.156. The highest BCUT2D eigenvalue weighted by molar-refractivity contribution is 5.66. The summed E-state index contributed by atoms with van der Waals surface area (Å²) in [6.07, 6.45) is 0.856. The van der Waals surface area contributed by atoms with Crippen molar-refractivity contribution in [3.8, 4) is 11.3 Å². The number of piperidine rings is 1. The van der Waals surface area contributed by atoms with Crippen molar-refractivity contribution in [3.05, 3.63) is 47.5 Å². The van der Waals surface area contributed by atoms with Crippen LogP contribution in [-0.4, -0.2) is 54.2 Å². The zero-order valence-electron chi connectivity index (χ0n) is 24.0. The summed E-state index contributed by atoms with van der Waals surface area (Å²) >= 11 is 0. The number of aromatic nitrogens is 1. The second-order valence-corrected chi connectivity index (χ2v) is 12.1. The number of unbranched alkanes of at least 4 members (excludes halogenated alkanes) is 1. The molecule has 40 heavy (non-hydrogen) atoms. The monoisotopic (exact) mass is 561 g/mol. The zero-order valence-corrected chi connectivity index (χ0v) is 24.0. The normalized spacial score (nSPS) is 18.3. The summed E-state index contributed by atoms with van der Waals surface area (Å²) in [7, 11) is 0. The van der Waals surface area contributed by atoms with Crippen LogP contribution in [0.1, 0.15) is 83.8 Å². The number of benzene rings is 1. The molecule has 0 saturated carbocycles. The average molecular weight is 562 g/mol. The van der Waals surface area contributed by atoms with Crippen LogP contribution in [0, 0.1) is 0 Å². The SMILES string of the molecule is CC1(C)CCC(C)(C)c2cc(-c3cccc(N4CCC(NCCCCC(=O)O)CC4)n3)ccc21.O=CC(F)(F)F. The molecular weight excluding hydrogens is 519 g/mol. The molecule has 0 unspecified atom stereocenters. The van der Waals surface area contributed by atoms with Crippen LogP contribution in [0.2, 0.25) is 0 Å². The number of nitrogens with zero attached hydrogens (tertiary/aromatic N) is 2. The van der Waals surface area contributed by atoms with E-state index in [0.717, 1.165) is 56.8 Å². The Morgan fingerprint density at radius 2 is 1.68 bits per heavy atom. The van der Waals surface area contributed by atoms with Gasteiger partial charge in [-0.25, -0.2) is 4.98 Å². The van der Waals surface area contributed by atoms with Crippen LogP contribution < -0.4 is 10.2 Å². The van der Waals surface area contributed by atoms with Crippen molar-refractivity contribution in [2.75, 3.05) is 24.5 Å². The highest BCUT2D eigenvalue weighted by Crippen LogP contribution is 2.46. The maximum absolute atomic E-state index is 10.6. The number of hydrogen-bond donors (Lipinski definition) is 2. The van der Waals surface area contributed by atoms with Crippen LogP contribution in [0.25, 0.3) is 11.3 Å². The number of alkyl halides is 3. The minimum absolute atomic E-state index is 0.195. The molecule has 1 saturated heterocycles. The summed E-state index contributed by atoms with van der Waals surface area (Å²) in [4.78, 5) is 26.8. The van der Waals surface area contributed by atoms with Crippen molar-refractivity contribution in [2.24, 2.45) is 0 Å². The van der Waals surface area contributed by atoms with Crippen molar-refractivity contribution in [3.63, 3.8) is 0 Å². The number of carbonyl (C=O) groups is 2. The van der Waals surface area contributed by atoms with E-state index in [0.29, 0.717) is 6.04 Å². The molecule has 4 rings (SSSR count). The number of carboxylic acid groups (broad SMARTS) is 1. The summed E-state index contributed by atoms with van der Waals surface area (Å²) < 4.78 is 31.2. The van der Waals surface area contributed by atoms with E-state index in [1.807, 2.05) is 0 Å². The number of aliphatic carboxylic acids is 1. The van der Waals surface area contributed by atoms with E-state index in [9.17, 15) is 18.0 Å². The molecular formula is C31H42F3N3O3. The largest absolute Gasteiger partial charge is 0.481 e. The van der Waals surface area contributed by atoms with Crippen molar-refractivity contribution in [2.45, 2.75) is 95.7 Å². The van der Waals surface area contributed by atoms with Crippen LogP contribution in [-0.2, 0) is 20.4 Å². The highest BCUT2D eigenvalue weighted by atomic mass is 19.4. The fraction of sp³-hybridized carbons (Fsp3) is 0.581. The molecule has 1 aliphatic heterocycles. The van der Waals surface area contributed by atoms with E-state index in [4.69, 9.17) is 14.9 Å². The van der Waals surface area contributed by atoms with Crippen LogP contribution in [0.15, 0.2) is 36.4 Å². The molecule has 220 valence electrons. The molecule has 2 heterocycles. The Morgan fingerprint density at radius 1 is 1.05 bits per heavy atom. The molecule has 2 aromatic rings. The van der Waals surface area contributed by atoms with Crippen molar-refractivity contribution in [1.29, 1.82) is 0 Å². The third-order valence-electron chi connectivity index (χ3n) is 8.09. The van der Waals surface area contributed by atoms with Crippen LogP contribution >= 0.6 is 0 Å². The molecule has 0 atom stereocenters. The van der Waals surface area contributed by atoms with E-state index in [-0.39, 0.29) is 17.3 Å². The lowest BCUT2D eigenvalue weighted by Gasteiger charge is -2.42. The average Bonchev–Trinajstić information content (AvgIpc) is 2.91. The second kappa shape index (κ2) is 13.1. The summed E-state index contributed by atoms with van der Waals surface area (Å²) in [5.41, 5.74) is 5.65. The second-order valence-electron chi connectivity index (χ2n) is 12.1. The van der Waals surface area contributed by atoms with Gasteiger partial charge in [-0.1, -0.05) is 45.9 Å². The Balaban J connectivity index is 0.000000663. The van der Waals surface area contributed by atoms with Gasteiger partial charge < -0.3 is 15.3 Å². The first-order valence-electron chi connectivity index (χ1n) is 14.1. The smallest absolute Gasteiger partial charge is 0.446 e. The van der Waals surface area contributed by atoms with Gasteiger partial charge in [0.15, 0.2) is 0 Å². The van der Waals surface area contributed by atoms with Gasteiger partial charge in [-0.15, -0.1) is 0 Å². The van der Waals surface area contributed by atoms with Gasteiger partial charge in [0.1, 0.15) is 5.82 Å². The molecule has 2 aliphatic rings. The number of pyridine rings is 1. The van der Waals surface area contributed by atoms with Crippen LogP contribution in [0.3, 0.4) is 0 Å². The van der Waals surface area contributed by atoms with Gasteiger partial charge in [-0.3, -0.25) is 9.59 Å². The number of halogens is 3. The molecule has 0 radical (unpaired) electrons. The number of rotatable bonds is 8. The molecule has 0 amide bonds. The Hall–Kier alpha value is -2.94. The molecule has 1 aromatic carbocycles. The van der Waals surface area contributed by atoms with E-state index in [1.54, 1.807) is 0 Å². The van der Waals surface area contributed by atoms with Crippen LogP contribution in [0.5, 0.6) is 0 Å². The molecule has 1 fully saturated rings. The predicted molar refractivity (Wildman–Crippen MR) is 152 cm³/mol. The van der Waals surface area contributed by atoms with Gasteiger partial charge in [0.2, 0.25) is 6.29 Å². The summed E-state index contributed by atoms with van der Waals surface area (Å²) in [6, 6.07) is 13.9. The minimum atomic E-state index is -4.64. The maximum Gasteiger partial charge on any atom is 0.446 e. The Morgan fingerprint density at radius 3 is 2.27 bits per heavy atom. The molecule has 9 heteroatoms. The van der Waals surface area contributed by atoms with E-state index >= 15 is 0 Å². The zero-order chi connectivity index (χ0) is 29.6. The summed E-state index contributed by atoms with van der Waals surface area (Å²) in [6.45, 7) is 12.4. The van der Waals surface area contributed by atoms with E-state index in [2.05, 4.69) is 74.3 Å². The van der Waals surface area contributed by atoms with Gasteiger partial charge >= 0.3 is 12.1 Å². The highest BCUT2D eigenvalue weighted by Gasteiger charge is 2.37. The minimum Gasteiger partial charge on any atom is -0.481 e. The number of hydrogen-bond acceptors (Lipinski definition) is 5. The van der Waals surface area contributed by atoms with Crippen molar-refractivity contribution < 1.29 is 27.9 Å². The molecule has 1 aliphatic carbocycles.